The molecule has 0 saturated carbocycles. The molecule has 0 aromatic rings. The molecule has 60 valence electrons. The number of aliphatic carboxylic acids is 1. The van der Waals surface area contributed by atoms with Gasteiger partial charge in [-0.3, -0.25) is 4.79 Å². The average molecular weight is 152 g/mol. The maximum absolute atomic E-state index is 10.6. The third kappa shape index (κ3) is 2.90. The van der Waals surface area contributed by atoms with Crippen LogP contribution < -0.4 is 0 Å². The van der Waals surface area contributed by atoms with E-state index in [0.717, 1.165) is 5.57 Å². The fourth-order valence-corrected chi connectivity index (χ4v) is 0.762. The Hall–Kier alpha value is -1.23. The third-order valence-corrected chi connectivity index (χ3v) is 1.63. The first-order valence-corrected chi connectivity index (χ1v) is 3.42. The van der Waals surface area contributed by atoms with Gasteiger partial charge in [0.1, 0.15) is 0 Å². The molecular formula is C9H12O2. The maximum atomic E-state index is 10.6. The van der Waals surface area contributed by atoms with Gasteiger partial charge in [0.15, 0.2) is 0 Å². The van der Waals surface area contributed by atoms with Crippen molar-refractivity contribution in [2.45, 2.75) is 20.3 Å². The van der Waals surface area contributed by atoms with Crippen molar-refractivity contribution < 1.29 is 9.90 Å². The summed E-state index contributed by atoms with van der Waals surface area (Å²) in [6.07, 6.45) is 7.06. The molecule has 0 bridgehead atoms. The Morgan fingerprint density at radius 1 is 1.82 bits per heavy atom. The number of allylic oxidation sites excluding steroid dienone is 1. The van der Waals surface area contributed by atoms with E-state index in [-0.39, 0.29) is 6.42 Å². The van der Waals surface area contributed by atoms with E-state index in [4.69, 9.17) is 11.5 Å². The fraction of sp³-hybridized carbons (Fsp3) is 0.444. The Kier molecular flexibility index (Phi) is 4.05. The van der Waals surface area contributed by atoms with Crippen LogP contribution in [0.2, 0.25) is 0 Å². The summed E-state index contributed by atoms with van der Waals surface area (Å²) in [5.74, 6) is 0.985. The predicted molar refractivity (Wildman–Crippen MR) is 44.0 cm³/mol. The molecule has 1 N–H and O–H groups in total. The first-order valence-electron chi connectivity index (χ1n) is 3.42. The molecule has 0 aliphatic heterocycles. The molecule has 0 aliphatic carbocycles. The van der Waals surface area contributed by atoms with Crippen LogP contribution in [0.5, 0.6) is 0 Å². The molecule has 0 aliphatic rings. The molecule has 0 aromatic heterocycles. The van der Waals surface area contributed by atoms with Crippen molar-refractivity contribution in [1.82, 2.24) is 0 Å². The Bertz CT molecular complexity index is 208. The van der Waals surface area contributed by atoms with E-state index in [9.17, 15) is 4.79 Å². The smallest absolute Gasteiger partial charge is 0.311 e. The number of carboxylic acid groups (broad SMARTS) is 1. The lowest BCUT2D eigenvalue weighted by atomic mass is 9.97. The van der Waals surface area contributed by atoms with Crippen LogP contribution in [0.25, 0.3) is 0 Å². The molecule has 0 rings (SSSR count). The minimum atomic E-state index is -0.849. The maximum Gasteiger partial charge on any atom is 0.311 e. The molecule has 0 heterocycles. The highest BCUT2D eigenvalue weighted by molar-refractivity contribution is 5.73. The summed E-state index contributed by atoms with van der Waals surface area (Å²) >= 11 is 0. The number of hydrogen-bond donors (Lipinski definition) is 1. The minimum Gasteiger partial charge on any atom is -0.481 e. The van der Waals surface area contributed by atoms with E-state index < -0.39 is 11.9 Å². The normalized spacial score (nSPS) is 13.7. The summed E-state index contributed by atoms with van der Waals surface area (Å²) in [5.41, 5.74) is 0.815. The number of hydrogen-bond acceptors (Lipinski definition) is 1. The van der Waals surface area contributed by atoms with Gasteiger partial charge in [0, 0.05) is 6.42 Å². The zero-order chi connectivity index (χ0) is 8.85. The highest BCUT2D eigenvalue weighted by atomic mass is 16.4. The minimum absolute atomic E-state index is 0.269. The van der Waals surface area contributed by atoms with Crippen molar-refractivity contribution >= 4 is 5.97 Å². The van der Waals surface area contributed by atoms with E-state index in [0.29, 0.717) is 0 Å². The fourth-order valence-electron chi connectivity index (χ4n) is 0.762. The SMILES string of the molecule is C#CCC(C(=O)O)/C(C)=C\C. The van der Waals surface area contributed by atoms with Crippen LogP contribution in [0.15, 0.2) is 11.6 Å². The monoisotopic (exact) mass is 152 g/mol. The molecule has 1 unspecified atom stereocenters. The third-order valence-electron chi connectivity index (χ3n) is 1.63. The van der Waals surface area contributed by atoms with Gasteiger partial charge in [-0.1, -0.05) is 11.6 Å². The van der Waals surface area contributed by atoms with Gasteiger partial charge >= 0.3 is 5.97 Å². The number of carbonyl (C=O) groups is 1. The average Bonchev–Trinajstić information content (AvgIpc) is 1.98. The Morgan fingerprint density at radius 3 is 2.64 bits per heavy atom. The molecule has 1 atom stereocenters. The first kappa shape index (κ1) is 9.77. The second kappa shape index (κ2) is 4.56. The van der Waals surface area contributed by atoms with Crippen LogP contribution in [-0.4, -0.2) is 11.1 Å². The second-order valence-electron chi connectivity index (χ2n) is 2.33. The summed E-state index contributed by atoms with van der Waals surface area (Å²) in [5, 5.41) is 8.67. The quantitative estimate of drug-likeness (QED) is 0.493. The van der Waals surface area contributed by atoms with Crippen molar-refractivity contribution in [1.29, 1.82) is 0 Å². The predicted octanol–water partition coefficient (Wildman–Crippen LogP) is 1.68. The Morgan fingerprint density at radius 2 is 2.36 bits per heavy atom. The van der Waals surface area contributed by atoms with Crippen LogP contribution in [0, 0.1) is 18.3 Å². The van der Waals surface area contributed by atoms with Gasteiger partial charge < -0.3 is 5.11 Å². The van der Waals surface area contributed by atoms with Crippen molar-refractivity contribution in [2.24, 2.45) is 5.92 Å². The summed E-state index contributed by atoms with van der Waals surface area (Å²) in [6.45, 7) is 3.58. The van der Waals surface area contributed by atoms with Gasteiger partial charge in [-0.2, -0.15) is 0 Å². The molecule has 0 saturated heterocycles. The van der Waals surface area contributed by atoms with Gasteiger partial charge in [0.25, 0.3) is 0 Å². The molecule has 2 heteroatoms. The van der Waals surface area contributed by atoms with Gasteiger partial charge in [-0.25, -0.2) is 0 Å². The highest BCUT2D eigenvalue weighted by Gasteiger charge is 2.16. The van der Waals surface area contributed by atoms with Crippen LogP contribution in [0.4, 0.5) is 0 Å². The largest absolute Gasteiger partial charge is 0.481 e. The molecular weight excluding hydrogens is 140 g/mol. The molecule has 2 nitrogen and oxygen atoms in total. The van der Waals surface area contributed by atoms with Gasteiger partial charge in [-0.05, 0) is 13.8 Å². The van der Waals surface area contributed by atoms with Gasteiger partial charge in [0.05, 0.1) is 5.92 Å². The summed E-state index contributed by atoms with van der Waals surface area (Å²) in [6, 6.07) is 0. The van der Waals surface area contributed by atoms with E-state index in [1.807, 2.05) is 6.92 Å². The first-order chi connectivity index (χ1) is 5.13. The molecule has 11 heavy (non-hydrogen) atoms. The molecule has 0 amide bonds. The van der Waals surface area contributed by atoms with Crippen molar-refractivity contribution in [3.63, 3.8) is 0 Å². The molecule has 0 fully saturated rings. The highest BCUT2D eigenvalue weighted by Crippen LogP contribution is 2.13. The molecule has 0 aromatic carbocycles. The second-order valence-corrected chi connectivity index (χ2v) is 2.33. The lowest BCUT2D eigenvalue weighted by molar-refractivity contribution is -0.140. The number of carboxylic acids is 1. The van der Waals surface area contributed by atoms with E-state index >= 15 is 0 Å². The van der Waals surface area contributed by atoms with Crippen molar-refractivity contribution in [3.8, 4) is 12.3 Å². The van der Waals surface area contributed by atoms with E-state index in [1.54, 1.807) is 13.0 Å². The topological polar surface area (TPSA) is 37.3 Å². The van der Waals surface area contributed by atoms with Crippen LogP contribution in [0.1, 0.15) is 20.3 Å². The van der Waals surface area contributed by atoms with Crippen molar-refractivity contribution in [2.75, 3.05) is 0 Å². The van der Waals surface area contributed by atoms with Crippen LogP contribution in [0.3, 0.4) is 0 Å². The molecule has 0 spiro atoms. The van der Waals surface area contributed by atoms with Gasteiger partial charge in [-0.15, -0.1) is 12.3 Å². The summed E-state index contributed by atoms with van der Waals surface area (Å²) in [7, 11) is 0. The summed E-state index contributed by atoms with van der Waals surface area (Å²) in [4.78, 5) is 10.6. The molecule has 0 radical (unpaired) electrons. The summed E-state index contributed by atoms with van der Waals surface area (Å²) < 4.78 is 0. The van der Waals surface area contributed by atoms with Crippen LogP contribution >= 0.6 is 0 Å². The van der Waals surface area contributed by atoms with Crippen molar-refractivity contribution in [3.05, 3.63) is 11.6 Å². The lowest BCUT2D eigenvalue weighted by Crippen LogP contribution is -2.13. The van der Waals surface area contributed by atoms with Gasteiger partial charge in [0.2, 0.25) is 0 Å². The number of rotatable bonds is 3. The Balaban J connectivity index is 4.37. The standard InChI is InChI=1S/C9H12O2/c1-4-6-8(9(10)11)7(3)5-2/h1,5,8H,6H2,2-3H3,(H,10,11)/b7-5-. The lowest BCUT2D eigenvalue weighted by Gasteiger charge is -2.07. The number of terminal acetylenes is 1. The Labute approximate surface area is 66.9 Å². The van der Waals surface area contributed by atoms with E-state index in [2.05, 4.69) is 5.92 Å². The zero-order valence-electron chi connectivity index (χ0n) is 6.79. The zero-order valence-corrected chi connectivity index (χ0v) is 6.79. The van der Waals surface area contributed by atoms with E-state index in [1.165, 1.54) is 0 Å². The van der Waals surface area contributed by atoms with Crippen LogP contribution in [-0.2, 0) is 4.79 Å².